The molecule has 1 saturated heterocycles. The number of nitrogens with zero attached hydrogens (tertiary/aromatic N) is 2. The monoisotopic (exact) mass is 239 g/mol. The van der Waals surface area contributed by atoms with E-state index in [0.29, 0.717) is 11.5 Å². The maximum absolute atomic E-state index is 11.7. The van der Waals surface area contributed by atoms with Crippen molar-refractivity contribution >= 4 is 23.5 Å². The first-order chi connectivity index (χ1) is 7.79. The van der Waals surface area contributed by atoms with Crippen molar-refractivity contribution in [3.63, 3.8) is 0 Å². The molecule has 0 radical (unpaired) electrons. The van der Waals surface area contributed by atoms with Gasteiger partial charge in [0, 0.05) is 11.8 Å². The third-order valence-electron chi connectivity index (χ3n) is 2.31. The van der Waals surface area contributed by atoms with E-state index in [2.05, 4.69) is 20.9 Å². The first kappa shape index (κ1) is 11.2. The fraction of sp³-hybridized carbons (Fsp3) is 0.444. The van der Waals surface area contributed by atoms with Crippen LogP contribution in [0, 0.1) is 0 Å². The number of amides is 1. The number of nitrogens with one attached hydrogen (secondary N) is 2. The first-order valence-electron chi connectivity index (χ1n) is 4.98. The van der Waals surface area contributed by atoms with E-state index in [1.807, 2.05) is 11.8 Å². The van der Waals surface area contributed by atoms with Crippen molar-refractivity contribution in [3.8, 4) is 0 Å². The minimum Gasteiger partial charge on any atom is -0.347 e. The summed E-state index contributed by atoms with van der Waals surface area (Å²) in [5.74, 6) is 7.49. The van der Waals surface area contributed by atoms with Crippen LogP contribution in [0.15, 0.2) is 12.1 Å². The molecule has 0 saturated carbocycles. The Bertz CT molecular complexity index is 363. The first-order valence-corrected chi connectivity index (χ1v) is 6.14. The average Bonchev–Trinajstić information content (AvgIpc) is 2.82. The Morgan fingerprint density at radius 2 is 2.38 bits per heavy atom. The van der Waals surface area contributed by atoms with Crippen molar-refractivity contribution in [2.24, 2.45) is 5.84 Å². The van der Waals surface area contributed by atoms with Crippen LogP contribution in [-0.2, 0) is 0 Å². The second kappa shape index (κ2) is 5.13. The van der Waals surface area contributed by atoms with Crippen LogP contribution in [0.2, 0.25) is 0 Å². The van der Waals surface area contributed by atoms with Crippen molar-refractivity contribution in [1.29, 1.82) is 0 Å². The Morgan fingerprint density at radius 1 is 1.50 bits per heavy atom. The Balaban J connectivity index is 1.97. The largest absolute Gasteiger partial charge is 0.347 e. The quantitative estimate of drug-likeness (QED) is 0.508. The average molecular weight is 239 g/mol. The maximum atomic E-state index is 11.7. The van der Waals surface area contributed by atoms with Crippen molar-refractivity contribution in [3.05, 3.63) is 17.8 Å². The van der Waals surface area contributed by atoms with Crippen LogP contribution in [0.1, 0.15) is 16.9 Å². The van der Waals surface area contributed by atoms with Crippen molar-refractivity contribution in [1.82, 2.24) is 15.5 Å². The summed E-state index contributed by atoms with van der Waals surface area (Å²) in [4.78, 5) is 11.7. The summed E-state index contributed by atoms with van der Waals surface area (Å²) in [5, 5.41) is 10.4. The van der Waals surface area contributed by atoms with Crippen LogP contribution in [-0.4, -0.2) is 33.7 Å². The normalized spacial score (nSPS) is 19.4. The predicted molar refractivity (Wildman–Crippen MR) is 63.0 cm³/mol. The number of aromatic nitrogens is 2. The molecule has 1 aromatic rings. The number of anilines is 1. The van der Waals surface area contributed by atoms with Gasteiger partial charge in [0.05, 0.1) is 0 Å². The van der Waals surface area contributed by atoms with Crippen molar-refractivity contribution in [2.75, 3.05) is 16.9 Å². The van der Waals surface area contributed by atoms with Gasteiger partial charge in [-0.05, 0) is 24.3 Å². The molecule has 0 spiro atoms. The van der Waals surface area contributed by atoms with E-state index >= 15 is 0 Å². The molecule has 0 aromatic carbocycles. The van der Waals surface area contributed by atoms with Crippen LogP contribution >= 0.6 is 11.8 Å². The van der Waals surface area contributed by atoms with E-state index in [9.17, 15) is 4.79 Å². The van der Waals surface area contributed by atoms with Crippen LogP contribution in [0.3, 0.4) is 0 Å². The number of thioether (sulfide) groups is 1. The molecule has 86 valence electrons. The molecule has 1 fully saturated rings. The zero-order valence-corrected chi connectivity index (χ0v) is 9.46. The van der Waals surface area contributed by atoms with E-state index in [4.69, 9.17) is 5.84 Å². The number of rotatable bonds is 3. The number of hydrogen-bond acceptors (Lipinski definition) is 6. The summed E-state index contributed by atoms with van der Waals surface area (Å²) >= 11 is 1.85. The lowest BCUT2D eigenvalue weighted by Crippen LogP contribution is -2.35. The lowest BCUT2D eigenvalue weighted by Gasteiger charge is -2.10. The lowest BCUT2D eigenvalue weighted by molar-refractivity contribution is 0.0935. The van der Waals surface area contributed by atoms with E-state index in [1.54, 1.807) is 12.1 Å². The lowest BCUT2D eigenvalue weighted by atomic mass is 10.2. The van der Waals surface area contributed by atoms with Crippen LogP contribution in [0.5, 0.6) is 0 Å². The van der Waals surface area contributed by atoms with Gasteiger partial charge in [0.25, 0.3) is 5.91 Å². The van der Waals surface area contributed by atoms with E-state index in [1.165, 1.54) is 0 Å². The van der Waals surface area contributed by atoms with E-state index in [-0.39, 0.29) is 11.9 Å². The van der Waals surface area contributed by atoms with E-state index < -0.39 is 0 Å². The summed E-state index contributed by atoms with van der Waals surface area (Å²) in [5.41, 5.74) is 2.67. The molecule has 1 unspecified atom stereocenters. The fourth-order valence-electron chi connectivity index (χ4n) is 1.44. The van der Waals surface area contributed by atoms with Crippen molar-refractivity contribution < 1.29 is 4.79 Å². The predicted octanol–water partition coefficient (Wildman–Crippen LogP) is -0.00250. The highest BCUT2D eigenvalue weighted by atomic mass is 32.2. The molecule has 0 aliphatic carbocycles. The molecular formula is C9H13N5OS. The molecule has 0 bridgehead atoms. The minimum absolute atomic E-state index is 0.177. The SMILES string of the molecule is NNc1ccc(C(=O)NC2CCSC2)nn1. The summed E-state index contributed by atoms with van der Waals surface area (Å²) < 4.78 is 0. The molecule has 1 aliphatic rings. The molecule has 2 rings (SSSR count). The van der Waals surface area contributed by atoms with Gasteiger partial charge in [0.1, 0.15) is 0 Å². The Labute approximate surface area is 97.4 Å². The van der Waals surface area contributed by atoms with Crippen LogP contribution < -0.4 is 16.6 Å². The zero-order chi connectivity index (χ0) is 11.4. The van der Waals surface area contributed by atoms with Gasteiger partial charge >= 0.3 is 0 Å². The van der Waals surface area contributed by atoms with Gasteiger partial charge < -0.3 is 10.7 Å². The molecule has 1 atom stereocenters. The summed E-state index contributed by atoms with van der Waals surface area (Å²) in [6.45, 7) is 0. The van der Waals surface area contributed by atoms with Gasteiger partial charge in [0.15, 0.2) is 11.5 Å². The molecule has 1 aliphatic heterocycles. The molecular weight excluding hydrogens is 226 g/mol. The van der Waals surface area contributed by atoms with Crippen molar-refractivity contribution in [2.45, 2.75) is 12.5 Å². The van der Waals surface area contributed by atoms with Crippen LogP contribution in [0.25, 0.3) is 0 Å². The standard InChI is InChI=1S/C9H13N5OS/c10-12-8-2-1-7(13-14-8)9(15)11-6-3-4-16-5-6/h1-2,6H,3-5,10H2,(H,11,15)(H,12,14). The number of carbonyl (C=O) groups is 1. The molecule has 16 heavy (non-hydrogen) atoms. The molecule has 7 heteroatoms. The summed E-state index contributed by atoms with van der Waals surface area (Å²) in [6, 6.07) is 3.47. The van der Waals surface area contributed by atoms with Gasteiger partial charge in [-0.2, -0.15) is 11.8 Å². The number of carbonyl (C=O) groups excluding carboxylic acids is 1. The Hall–Kier alpha value is -1.34. The molecule has 1 aromatic heterocycles. The molecule has 4 N–H and O–H groups in total. The molecule has 1 amide bonds. The number of nitrogen functional groups attached to an aromatic ring is 1. The third-order valence-corrected chi connectivity index (χ3v) is 3.47. The van der Waals surface area contributed by atoms with Gasteiger partial charge in [-0.25, -0.2) is 5.84 Å². The number of hydrazine groups is 1. The smallest absolute Gasteiger partial charge is 0.272 e. The zero-order valence-electron chi connectivity index (χ0n) is 8.64. The van der Waals surface area contributed by atoms with Gasteiger partial charge in [-0.1, -0.05) is 0 Å². The fourth-order valence-corrected chi connectivity index (χ4v) is 2.59. The minimum atomic E-state index is -0.177. The highest BCUT2D eigenvalue weighted by molar-refractivity contribution is 7.99. The number of hydrogen-bond donors (Lipinski definition) is 3. The van der Waals surface area contributed by atoms with E-state index in [0.717, 1.165) is 17.9 Å². The highest BCUT2D eigenvalue weighted by Gasteiger charge is 2.19. The van der Waals surface area contributed by atoms with Crippen LogP contribution in [0.4, 0.5) is 5.82 Å². The summed E-state index contributed by atoms with van der Waals surface area (Å²) in [7, 11) is 0. The molecule has 6 nitrogen and oxygen atoms in total. The van der Waals surface area contributed by atoms with Gasteiger partial charge in [-0.3, -0.25) is 4.79 Å². The van der Waals surface area contributed by atoms with Gasteiger partial charge in [0.2, 0.25) is 0 Å². The second-order valence-electron chi connectivity index (χ2n) is 3.48. The maximum Gasteiger partial charge on any atom is 0.272 e. The second-order valence-corrected chi connectivity index (χ2v) is 4.63. The highest BCUT2D eigenvalue weighted by Crippen LogP contribution is 2.17. The Morgan fingerprint density at radius 3 is 2.94 bits per heavy atom. The van der Waals surface area contributed by atoms with Gasteiger partial charge in [-0.15, -0.1) is 10.2 Å². The number of nitrogens with two attached hydrogens (primary N) is 1. The third kappa shape index (κ3) is 2.61. The molecule has 2 heterocycles. The Kier molecular flexibility index (Phi) is 3.58. The topological polar surface area (TPSA) is 92.9 Å². The summed E-state index contributed by atoms with van der Waals surface area (Å²) in [6.07, 6.45) is 1.02.